The number of carbonyl (C=O) groups is 1. The molecule has 0 atom stereocenters. The number of amides is 1. The van der Waals surface area contributed by atoms with Gasteiger partial charge in [0.15, 0.2) is 0 Å². The van der Waals surface area contributed by atoms with Crippen LogP contribution in [0.3, 0.4) is 0 Å². The quantitative estimate of drug-likeness (QED) is 0.853. The van der Waals surface area contributed by atoms with Crippen LogP contribution in [-0.2, 0) is 14.8 Å². The topological polar surface area (TPSA) is 57.7 Å². The molecule has 1 fully saturated rings. The largest absolute Gasteiger partial charge is 0.340 e. The molecule has 1 aromatic carbocycles. The lowest BCUT2D eigenvalue weighted by atomic mass is 10.0. The van der Waals surface area contributed by atoms with Crippen LogP contribution in [0.25, 0.3) is 0 Å². The molecular weight excluding hydrogens is 288 g/mol. The van der Waals surface area contributed by atoms with Crippen molar-refractivity contribution < 1.29 is 13.2 Å². The Morgan fingerprint density at radius 3 is 2.19 bits per heavy atom. The fraction of sp³-hybridized carbons (Fsp3) is 0.533. The van der Waals surface area contributed by atoms with Crippen molar-refractivity contribution in [1.82, 2.24) is 9.21 Å². The number of hydrogen-bond donors (Lipinski definition) is 0. The zero-order valence-corrected chi connectivity index (χ0v) is 13.6. The summed E-state index contributed by atoms with van der Waals surface area (Å²) in [7, 11) is -3.49. The molecule has 0 bridgehead atoms. The van der Waals surface area contributed by atoms with Crippen LogP contribution in [0.2, 0.25) is 0 Å². The SMILES string of the molecule is CC(=O)N1CCN(S(=O)(=O)c2ccccc2C(C)C)CC1. The molecule has 21 heavy (non-hydrogen) atoms. The molecule has 116 valence electrons. The molecule has 0 spiro atoms. The van der Waals surface area contributed by atoms with E-state index in [-0.39, 0.29) is 11.8 Å². The molecule has 5 nitrogen and oxygen atoms in total. The van der Waals surface area contributed by atoms with E-state index in [1.54, 1.807) is 17.0 Å². The van der Waals surface area contributed by atoms with E-state index in [1.807, 2.05) is 26.0 Å². The molecule has 1 amide bonds. The Bertz CT molecular complexity index is 618. The Labute approximate surface area is 126 Å². The van der Waals surface area contributed by atoms with Crippen LogP contribution < -0.4 is 0 Å². The van der Waals surface area contributed by atoms with E-state index in [0.717, 1.165) is 5.56 Å². The molecule has 0 unspecified atom stereocenters. The highest BCUT2D eigenvalue weighted by Gasteiger charge is 2.30. The Kier molecular flexibility index (Phi) is 4.68. The van der Waals surface area contributed by atoms with Crippen LogP contribution in [0.15, 0.2) is 29.2 Å². The smallest absolute Gasteiger partial charge is 0.243 e. The monoisotopic (exact) mass is 310 g/mol. The van der Waals surface area contributed by atoms with Gasteiger partial charge in [-0.05, 0) is 17.5 Å². The van der Waals surface area contributed by atoms with E-state index in [4.69, 9.17) is 0 Å². The molecule has 1 saturated heterocycles. The van der Waals surface area contributed by atoms with Gasteiger partial charge in [0.05, 0.1) is 4.90 Å². The average Bonchev–Trinajstić information content (AvgIpc) is 2.47. The standard InChI is InChI=1S/C15H22N2O3S/c1-12(2)14-6-4-5-7-15(14)21(19,20)17-10-8-16(9-11-17)13(3)18/h4-7,12H,8-11H2,1-3H3. The van der Waals surface area contributed by atoms with Crippen molar-refractivity contribution in [1.29, 1.82) is 0 Å². The van der Waals surface area contributed by atoms with E-state index in [1.165, 1.54) is 11.2 Å². The second kappa shape index (κ2) is 6.15. The summed E-state index contributed by atoms with van der Waals surface area (Å²) in [5.74, 6) is 0.143. The maximum atomic E-state index is 12.8. The van der Waals surface area contributed by atoms with E-state index in [0.29, 0.717) is 31.1 Å². The van der Waals surface area contributed by atoms with E-state index < -0.39 is 10.0 Å². The first-order chi connectivity index (χ1) is 9.84. The van der Waals surface area contributed by atoms with Gasteiger partial charge in [0.25, 0.3) is 0 Å². The first kappa shape index (κ1) is 16.0. The number of nitrogens with zero attached hydrogens (tertiary/aromatic N) is 2. The molecule has 0 radical (unpaired) electrons. The van der Waals surface area contributed by atoms with Crippen LogP contribution in [-0.4, -0.2) is 49.7 Å². The normalized spacial score (nSPS) is 17.2. The van der Waals surface area contributed by atoms with Crippen LogP contribution in [0.5, 0.6) is 0 Å². The molecule has 1 aliphatic rings. The predicted molar refractivity (Wildman–Crippen MR) is 81.5 cm³/mol. The van der Waals surface area contributed by atoms with E-state index >= 15 is 0 Å². The summed E-state index contributed by atoms with van der Waals surface area (Å²) in [4.78, 5) is 13.4. The lowest BCUT2D eigenvalue weighted by molar-refractivity contribution is -0.129. The van der Waals surface area contributed by atoms with Crippen LogP contribution >= 0.6 is 0 Å². The van der Waals surface area contributed by atoms with Crippen molar-refractivity contribution in [3.8, 4) is 0 Å². The summed E-state index contributed by atoms with van der Waals surface area (Å²) in [5.41, 5.74) is 0.839. The van der Waals surface area contributed by atoms with Crippen LogP contribution in [0.4, 0.5) is 0 Å². The summed E-state index contributed by atoms with van der Waals surface area (Å²) in [6, 6.07) is 7.15. The third-order valence-corrected chi connectivity index (χ3v) is 5.82. The van der Waals surface area contributed by atoms with Gasteiger partial charge in [-0.1, -0.05) is 32.0 Å². The van der Waals surface area contributed by atoms with E-state index in [9.17, 15) is 13.2 Å². The van der Waals surface area contributed by atoms with Crippen molar-refractivity contribution in [3.63, 3.8) is 0 Å². The lowest BCUT2D eigenvalue weighted by Crippen LogP contribution is -2.50. The second-order valence-corrected chi connectivity index (χ2v) is 7.51. The maximum absolute atomic E-state index is 12.8. The third kappa shape index (κ3) is 3.27. The number of sulfonamides is 1. The first-order valence-electron chi connectivity index (χ1n) is 7.18. The molecule has 0 N–H and O–H groups in total. The third-order valence-electron chi connectivity index (χ3n) is 3.84. The Morgan fingerprint density at radius 1 is 1.10 bits per heavy atom. The lowest BCUT2D eigenvalue weighted by Gasteiger charge is -2.34. The van der Waals surface area contributed by atoms with Crippen molar-refractivity contribution in [2.45, 2.75) is 31.6 Å². The molecule has 2 rings (SSSR count). The molecule has 0 aliphatic carbocycles. The Hall–Kier alpha value is -1.40. The molecule has 0 aromatic heterocycles. The molecule has 1 aliphatic heterocycles. The minimum atomic E-state index is -3.49. The first-order valence-corrected chi connectivity index (χ1v) is 8.62. The van der Waals surface area contributed by atoms with Gasteiger partial charge in [0, 0.05) is 33.1 Å². The van der Waals surface area contributed by atoms with Gasteiger partial charge < -0.3 is 4.90 Å². The van der Waals surface area contributed by atoms with Gasteiger partial charge in [-0.3, -0.25) is 4.79 Å². The van der Waals surface area contributed by atoms with Gasteiger partial charge in [-0.2, -0.15) is 4.31 Å². The minimum Gasteiger partial charge on any atom is -0.340 e. The highest BCUT2D eigenvalue weighted by atomic mass is 32.2. The average molecular weight is 310 g/mol. The Balaban J connectivity index is 2.26. The van der Waals surface area contributed by atoms with Crippen molar-refractivity contribution in [3.05, 3.63) is 29.8 Å². The zero-order chi connectivity index (χ0) is 15.6. The molecule has 6 heteroatoms. The van der Waals surface area contributed by atoms with Crippen molar-refractivity contribution in [2.75, 3.05) is 26.2 Å². The number of hydrogen-bond acceptors (Lipinski definition) is 3. The summed E-state index contributed by atoms with van der Waals surface area (Å²) in [6.45, 7) is 7.11. The van der Waals surface area contributed by atoms with Gasteiger partial charge in [0.1, 0.15) is 0 Å². The summed E-state index contributed by atoms with van der Waals surface area (Å²) in [5, 5.41) is 0. The van der Waals surface area contributed by atoms with Gasteiger partial charge in [-0.25, -0.2) is 8.42 Å². The minimum absolute atomic E-state index is 0.00497. The van der Waals surface area contributed by atoms with Crippen LogP contribution in [0, 0.1) is 0 Å². The zero-order valence-electron chi connectivity index (χ0n) is 12.7. The predicted octanol–water partition coefficient (Wildman–Crippen LogP) is 1.66. The van der Waals surface area contributed by atoms with Crippen molar-refractivity contribution in [2.24, 2.45) is 0 Å². The highest BCUT2D eigenvalue weighted by Crippen LogP contribution is 2.26. The van der Waals surface area contributed by atoms with Gasteiger partial charge >= 0.3 is 0 Å². The number of rotatable bonds is 3. The second-order valence-electron chi connectivity index (χ2n) is 5.60. The Morgan fingerprint density at radius 2 is 1.67 bits per heavy atom. The molecule has 1 aromatic rings. The number of carbonyl (C=O) groups excluding carboxylic acids is 1. The van der Waals surface area contributed by atoms with E-state index in [2.05, 4.69) is 0 Å². The molecular formula is C15H22N2O3S. The van der Waals surface area contributed by atoms with Gasteiger partial charge in [0.2, 0.25) is 15.9 Å². The van der Waals surface area contributed by atoms with Crippen molar-refractivity contribution >= 4 is 15.9 Å². The fourth-order valence-corrected chi connectivity index (χ4v) is 4.35. The fourth-order valence-electron chi connectivity index (χ4n) is 2.57. The summed E-state index contributed by atoms with van der Waals surface area (Å²) in [6.07, 6.45) is 0. The maximum Gasteiger partial charge on any atom is 0.243 e. The number of benzene rings is 1. The summed E-state index contributed by atoms with van der Waals surface area (Å²) < 4.78 is 27.1. The van der Waals surface area contributed by atoms with Crippen LogP contribution in [0.1, 0.15) is 32.3 Å². The highest BCUT2D eigenvalue weighted by molar-refractivity contribution is 7.89. The molecule has 1 heterocycles. The van der Waals surface area contributed by atoms with Gasteiger partial charge in [-0.15, -0.1) is 0 Å². The number of piperazine rings is 1. The summed E-state index contributed by atoms with van der Waals surface area (Å²) >= 11 is 0. The molecule has 0 saturated carbocycles.